The molecular weight excluding hydrogens is 450 g/mol. The number of rotatable bonds is 11. The lowest BCUT2D eigenvalue weighted by molar-refractivity contribution is -0.0570. The van der Waals surface area contributed by atoms with Crippen LogP contribution in [0.15, 0.2) is 24.3 Å². The molecule has 0 spiro atoms. The minimum atomic E-state index is -1.01. The zero-order chi connectivity index (χ0) is 25.3. The number of aromatic nitrogens is 2. The molecular formula is C30H41N3O3. The van der Waals surface area contributed by atoms with Crippen molar-refractivity contribution in [1.82, 2.24) is 9.97 Å². The van der Waals surface area contributed by atoms with E-state index in [1.807, 2.05) is 0 Å². The first-order valence-electron chi connectivity index (χ1n) is 14.1. The fraction of sp³-hybridized carbons (Fsp3) is 0.633. The summed E-state index contributed by atoms with van der Waals surface area (Å²) < 4.78 is 0. The molecule has 6 nitrogen and oxygen atoms in total. The monoisotopic (exact) mass is 491 g/mol. The maximum Gasteiger partial charge on any atom is 0.335 e. The van der Waals surface area contributed by atoms with Gasteiger partial charge in [-0.25, -0.2) is 9.78 Å². The molecule has 4 aliphatic carbocycles. The highest BCUT2D eigenvalue weighted by atomic mass is 16.4. The van der Waals surface area contributed by atoms with Crippen molar-refractivity contribution in [3.05, 3.63) is 47.0 Å². The van der Waals surface area contributed by atoms with E-state index >= 15 is 0 Å². The molecule has 36 heavy (non-hydrogen) atoms. The SMILES string of the molecule is CCCC(CCC)c1nc(C(=O)Nc2cccc(C(=O)O)c2)c(CCC23CC4CC(CC(C4)C2)C3)[nH]1. The average Bonchev–Trinajstić information content (AvgIpc) is 3.26. The van der Waals surface area contributed by atoms with Crippen LogP contribution in [0.3, 0.4) is 0 Å². The van der Waals surface area contributed by atoms with Gasteiger partial charge in [-0.2, -0.15) is 0 Å². The van der Waals surface area contributed by atoms with Gasteiger partial charge >= 0.3 is 5.97 Å². The number of nitrogens with one attached hydrogen (secondary N) is 2. The Balaban J connectivity index is 1.38. The van der Waals surface area contributed by atoms with Crippen molar-refractivity contribution in [3.63, 3.8) is 0 Å². The Hall–Kier alpha value is -2.63. The summed E-state index contributed by atoms with van der Waals surface area (Å²) in [6.07, 6.45) is 14.6. The summed E-state index contributed by atoms with van der Waals surface area (Å²) in [7, 11) is 0. The van der Waals surface area contributed by atoms with Crippen LogP contribution in [-0.2, 0) is 6.42 Å². The lowest BCUT2D eigenvalue weighted by Crippen LogP contribution is -2.46. The summed E-state index contributed by atoms with van der Waals surface area (Å²) in [6, 6.07) is 6.41. The van der Waals surface area contributed by atoms with Gasteiger partial charge in [0.15, 0.2) is 0 Å². The lowest BCUT2D eigenvalue weighted by Gasteiger charge is -2.57. The van der Waals surface area contributed by atoms with Gasteiger partial charge < -0.3 is 15.4 Å². The average molecular weight is 492 g/mol. The Labute approximate surface area is 214 Å². The first-order chi connectivity index (χ1) is 17.4. The second-order valence-electron chi connectivity index (χ2n) is 12.0. The van der Waals surface area contributed by atoms with Crippen LogP contribution in [0, 0.1) is 23.2 Å². The number of imidazole rings is 1. The molecule has 4 saturated carbocycles. The molecule has 1 aromatic heterocycles. The molecule has 6 heteroatoms. The number of aromatic carboxylic acids is 1. The van der Waals surface area contributed by atoms with Crippen LogP contribution in [0.1, 0.15) is 123 Å². The molecule has 1 heterocycles. The molecule has 2 aromatic rings. The number of amides is 1. The summed E-state index contributed by atoms with van der Waals surface area (Å²) in [5.41, 5.74) is 2.51. The Bertz CT molecular complexity index is 1060. The van der Waals surface area contributed by atoms with Crippen molar-refractivity contribution in [1.29, 1.82) is 0 Å². The number of anilines is 1. The van der Waals surface area contributed by atoms with Crippen LogP contribution < -0.4 is 5.32 Å². The zero-order valence-electron chi connectivity index (χ0n) is 21.8. The number of H-pyrrole nitrogens is 1. The van der Waals surface area contributed by atoms with E-state index < -0.39 is 5.97 Å². The molecule has 0 aliphatic heterocycles. The highest BCUT2D eigenvalue weighted by Crippen LogP contribution is 2.61. The summed E-state index contributed by atoms with van der Waals surface area (Å²) in [6.45, 7) is 4.39. The molecule has 6 rings (SSSR count). The minimum Gasteiger partial charge on any atom is -0.478 e. The van der Waals surface area contributed by atoms with Gasteiger partial charge in [0.05, 0.1) is 5.56 Å². The smallest absolute Gasteiger partial charge is 0.335 e. The van der Waals surface area contributed by atoms with Crippen LogP contribution in [0.5, 0.6) is 0 Å². The van der Waals surface area contributed by atoms with E-state index in [0.29, 0.717) is 22.7 Å². The highest BCUT2D eigenvalue weighted by Gasteiger charge is 2.50. The van der Waals surface area contributed by atoms with Gasteiger partial charge in [0.1, 0.15) is 11.5 Å². The summed E-state index contributed by atoms with van der Waals surface area (Å²) in [5, 5.41) is 12.2. The van der Waals surface area contributed by atoms with Crippen LogP contribution in [0.4, 0.5) is 5.69 Å². The molecule has 0 atom stereocenters. The van der Waals surface area contributed by atoms with Crippen LogP contribution in [-0.4, -0.2) is 27.0 Å². The highest BCUT2D eigenvalue weighted by molar-refractivity contribution is 6.04. The second-order valence-corrected chi connectivity index (χ2v) is 12.0. The van der Waals surface area contributed by atoms with E-state index in [4.69, 9.17) is 4.98 Å². The van der Waals surface area contributed by atoms with Crippen molar-refractivity contribution in [2.45, 2.75) is 96.8 Å². The van der Waals surface area contributed by atoms with Crippen molar-refractivity contribution in [3.8, 4) is 0 Å². The van der Waals surface area contributed by atoms with Gasteiger partial charge in [-0.05, 0) is 106 Å². The number of carbonyl (C=O) groups is 2. The van der Waals surface area contributed by atoms with E-state index in [2.05, 4.69) is 24.1 Å². The Morgan fingerprint density at radius 2 is 1.72 bits per heavy atom. The standard InChI is InChI=1S/C30H41N3O3/c1-3-6-22(7-4-2)27-32-25(10-11-30-16-19-12-20(17-30)14-21(13-19)18-30)26(33-27)28(34)31-24-9-5-8-23(15-24)29(35)36/h5,8-9,15,19-22H,3-4,6-7,10-14,16-18H2,1-2H3,(H,31,34)(H,32,33)(H,35,36). The van der Waals surface area contributed by atoms with Gasteiger partial charge in [0, 0.05) is 17.3 Å². The third-order valence-corrected chi connectivity index (χ3v) is 9.11. The molecule has 194 valence electrons. The second kappa shape index (κ2) is 10.4. The maximum atomic E-state index is 13.4. The predicted octanol–water partition coefficient (Wildman–Crippen LogP) is 7.19. The molecule has 1 aromatic carbocycles. The number of benzene rings is 1. The molecule has 4 bridgehead atoms. The number of nitrogens with zero attached hydrogens (tertiary/aromatic N) is 1. The Morgan fingerprint density at radius 3 is 2.31 bits per heavy atom. The molecule has 3 N–H and O–H groups in total. The quantitative estimate of drug-likeness (QED) is 0.310. The van der Waals surface area contributed by atoms with E-state index in [1.54, 1.807) is 12.1 Å². The number of hydrogen-bond donors (Lipinski definition) is 3. The summed E-state index contributed by atoms with van der Waals surface area (Å²) >= 11 is 0. The molecule has 4 fully saturated rings. The van der Waals surface area contributed by atoms with Crippen molar-refractivity contribution >= 4 is 17.6 Å². The van der Waals surface area contributed by atoms with Gasteiger partial charge in [0.2, 0.25) is 0 Å². The number of aryl methyl sites for hydroxylation is 1. The largest absolute Gasteiger partial charge is 0.478 e. The third kappa shape index (κ3) is 5.23. The normalized spacial score (nSPS) is 26.5. The van der Waals surface area contributed by atoms with E-state index in [9.17, 15) is 14.7 Å². The van der Waals surface area contributed by atoms with Gasteiger partial charge in [-0.3, -0.25) is 4.79 Å². The van der Waals surface area contributed by atoms with E-state index in [-0.39, 0.29) is 11.5 Å². The number of aromatic amines is 1. The molecule has 0 radical (unpaired) electrons. The van der Waals surface area contributed by atoms with Gasteiger partial charge in [-0.1, -0.05) is 32.8 Å². The Morgan fingerprint density at radius 1 is 1.08 bits per heavy atom. The van der Waals surface area contributed by atoms with E-state index in [0.717, 1.165) is 67.8 Å². The van der Waals surface area contributed by atoms with Crippen molar-refractivity contribution in [2.75, 3.05) is 5.32 Å². The van der Waals surface area contributed by atoms with Crippen molar-refractivity contribution < 1.29 is 14.7 Å². The Kier molecular flexibility index (Phi) is 7.23. The van der Waals surface area contributed by atoms with Gasteiger partial charge in [0.25, 0.3) is 5.91 Å². The number of carboxylic acids is 1. The van der Waals surface area contributed by atoms with Gasteiger partial charge in [-0.15, -0.1) is 0 Å². The van der Waals surface area contributed by atoms with Crippen LogP contribution >= 0.6 is 0 Å². The fourth-order valence-electron chi connectivity index (χ4n) is 8.01. The molecule has 1 amide bonds. The first kappa shape index (κ1) is 25.0. The van der Waals surface area contributed by atoms with E-state index in [1.165, 1.54) is 50.7 Å². The minimum absolute atomic E-state index is 0.156. The summed E-state index contributed by atoms with van der Waals surface area (Å²) in [5.74, 6) is 2.74. The zero-order valence-corrected chi connectivity index (χ0v) is 21.8. The predicted molar refractivity (Wildman–Crippen MR) is 141 cm³/mol. The lowest BCUT2D eigenvalue weighted by atomic mass is 9.48. The van der Waals surface area contributed by atoms with Crippen LogP contribution in [0.25, 0.3) is 0 Å². The topological polar surface area (TPSA) is 95.1 Å². The number of hydrogen-bond acceptors (Lipinski definition) is 3. The first-order valence-corrected chi connectivity index (χ1v) is 14.1. The van der Waals surface area contributed by atoms with Crippen LogP contribution in [0.2, 0.25) is 0 Å². The number of carboxylic acid groups (broad SMARTS) is 1. The summed E-state index contributed by atoms with van der Waals surface area (Å²) in [4.78, 5) is 33.3. The molecule has 0 saturated heterocycles. The van der Waals surface area contributed by atoms with Crippen molar-refractivity contribution in [2.24, 2.45) is 23.2 Å². The fourth-order valence-corrected chi connectivity index (χ4v) is 8.01. The molecule has 4 aliphatic rings. The maximum absolute atomic E-state index is 13.4. The third-order valence-electron chi connectivity index (χ3n) is 9.11. The molecule has 0 unspecified atom stereocenters. The number of carbonyl (C=O) groups excluding carboxylic acids is 1.